The highest BCUT2D eigenvalue weighted by molar-refractivity contribution is 6.06. The molecule has 0 bridgehead atoms. The molecule has 0 spiro atoms. The van der Waals surface area contributed by atoms with Gasteiger partial charge in [0.25, 0.3) is 5.91 Å². The van der Waals surface area contributed by atoms with Gasteiger partial charge in [-0.25, -0.2) is 0 Å². The van der Waals surface area contributed by atoms with E-state index in [2.05, 4.69) is 10.1 Å². The Balaban J connectivity index is 1.59. The largest absolute Gasteiger partial charge is 0.337 e. The lowest BCUT2D eigenvalue weighted by molar-refractivity contribution is 0.0736. The van der Waals surface area contributed by atoms with Crippen molar-refractivity contribution in [3.05, 3.63) is 83.7 Å². The topological polar surface area (TPSA) is 59.2 Å². The van der Waals surface area contributed by atoms with Crippen LogP contribution in [0.1, 0.15) is 28.7 Å². The third kappa shape index (κ3) is 3.51. The van der Waals surface area contributed by atoms with Crippen LogP contribution in [0.5, 0.6) is 0 Å². The first kappa shape index (κ1) is 17.9. The van der Waals surface area contributed by atoms with Crippen LogP contribution in [0.4, 0.5) is 0 Å². The molecule has 0 radical (unpaired) electrons. The molecule has 1 aromatic heterocycles. The van der Waals surface area contributed by atoms with Gasteiger partial charge in [0.2, 0.25) is 11.7 Å². The van der Waals surface area contributed by atoms with Crippen molar-refractivity contribution >= 4 is 16.7 Å². The summed E-state index contributed by atoms with van der Waals surface area (Å²) in [6.45, 7) is 4.79. The van der Waals surface area contributed by atoms with Crippen molar-refractivity contribution in [2.45, 2.75) is 20.4 Å². The standard InChI is InChI=1S/C23H21N3O2/c1-3-26(23(27)20-13-7-10-17-9-4-5-12-19(17)20)15-21-24-22(25-28-21)18-11-6-8-16(2)14-18/h4-14H,3,15H2,1-2H3. The second-order valence-corrected chi connectivity index (χ2v) is 6.73. The normalized spacial score (nSPS) is 10.9. The fourth-order valence-electron chi connectivity index (χ4n) is 3.29. The summed E-state index contributed by atoms with van der Waals surface area (Å²) in [5, 5.41) is 6.06. The number of fused-ring (bicyclic) bond motifs is 1. The van der Waals surface area contributed by atoms with E-state index in [0.717, 1.165) is 21.9 Å². The van der Waals surface area contributed by atoms with Crippen molar-refractivity contribution in [3.8, 4) is 11.4 Å². The van der Waals surface area contributed by atoms with Gasteiger partial charge >= 0.3 is 0 Å². The third-order valence-corrected chi connectivity index (χ3v) is 4.76. The van der Waals surface area contributed by atoms with E-state index in [4.69, 9.17) is 4.52 Å². The molecule has 4 aromatic rings. The van der Waals surface area contributed by atoms with Gasteiger partial charge in [0.05, 0.1) is 0 Å². The van der Waals surface area contributed by atoms with Gasteiger partial charge in [-0.2, -0.15) is 4.98 Å². The lowest BCUT2D eigenvalue weighted by Gasteiger charge is -2.19. The van der Waals surface area contributed by atoms with E-state index in [1.165, 1.54) is 0 Å². The number of hydrogen-bond acceptors (Lipinski definition) is 4. The quantitative estimate of drug-likeness (QED) is 0.503. The molecule has 0 aliphatic heterocycles. The highest BCUT2D eigenvalue weighted by Crippen LogP contribution is 2.22. The molecule has 5 heteroatoms. The molecular weight excluding hydrogens is 350 g/mol. The summed E-state index contributed by atoms with van der Waals surface area (Å²) >= 11 is 0. The van der Waals surface area contributed by atoms with Crippen LogP contribution in [0.25, 0.3) is 22.2 Å². The fraction of sp³-hybridized carbons (Fsp3) is 0.174. The zero-order valence-electron chi connectivity index (χ0n) is 15.9. The highest BCUT2D eigenvalue weighted by Gasteiger charge is 2.20. The summed E-state index contributed by atoms with van der Waals surface area (Å²) in [5.74, 6) is 0.911. The Labute approximate surface area is 163 Å². The lowest BCUT2D eigenvalue weighted by Crippen LogP contribution is -2.30. The molecule has 1 amide bonds. The van der Waals surface area contributed by atoms with Gasteiger partial charge in [-0.05, 0) is 36.8 Å². The third-order valence-electron chi connectivity index (χ3n) is 4.76. The van der Waals surface area contributed by atoms with E-state index in [1.54, 1.807) is 4.90 Å². The first-order chi connectivity index (χ1) is 13.7. The number of benzene rings is 3. The van der Waals surface area contributed by atoms with E-state index in [9.17, 15) is 4.79 Å². The minimum Gasteiger partial charge on any atom is -0.337 e. The minimum atomic E-state index is -0.0467. The minimum absolute atomic E-state index is 0.0467. The van der Waals surface area contributed by atoms with Crippen LogP contribution in [0.2, 0.25) is 0 Å². The Morgan fingerprint density at radius 1 is 1.04 bits per heavy atom. The van der Waals surface area contributed by atoms with E-state index in [1.807, 2.05) is 80.6 Å². The van der Waals surface area contributed by atoms with E-state index >= 15 is 0 Å². The number of aryl methyl sites for hydroxylation is 1. The number of aromatic nitrogens is 2. The summed E-state index contributed by atoms with van der Waals surface area (Å²) in [7, 11) is 0. The predicted octanol–water partition coefficient (Wildman–Crippen LogP) is 4.86. The number of hydrogen-bond donors (Lipinski definition) is 0. The van der Waals surface area contributed by atoms with Gasteiger partial charge in [0, 0.05) is 17.7 Å². The zero-order chi connectivity index (χ0) is 19.5. The summed E-state index contributed by atoms with van der Waals surface area (Å²) in [6.07, 6.45) is 0. The van der Waals surface area contributed by atoms with Gasteiger partial charge in [-0.1, -0.05) is 65.3 Å². The number of rotatable bonds is 5. The van der Waals surface area contributed by atoms with E-state index < -0.39 is 0 Å². The Morgan fingerprint density at radius 3 is 2.64 bits per heavy atom. The molecular formula is C23H21N3O2. The van der Waals surface area contributed by atoms with Crippen LogP contribution >= 0.6 is 0 Å². The lowest BCUT2D eigenvalue weighted by atomic mass is 10.0. The molecule has 0 saturated carbocycles. The van der Waals surface area contributed by atoms with Gasteiger partial charge in [0.1, 0.15) is 6.54 Å². The maximum atomic E-state index is 13.2. The molecule has 1 heterocycles. The second kappa shape index (κ2) is 7.64. The summed E-state index contributed by atoms with van der Waals surface area (Å²) < 4.78 is 5.41. The van der Waals surface area contributed by atoms with Crippen molar-refractivity contribution < 1.29 is 9.32 Å². The number of amides is 1. The molecule has 0 atom stereocenters. The Morgan fingerprint density at radius 2 is 1.82 bits per heavy atom. The molecule has 0 fully saturated rings. The van der Waals surface area contributed by atoms with E-state index in [-0.39, 0.29) is 12.5 Å². The summed E-state index contributed by atoms with van der Waals surface area (Å²) in [4.78, 5) is 19.3. The monoisotopic (exact) mass is 371 g/mol. The van der Waals surface area contributed by atoms with Crippen molar-refractivity contribution in [3.63, 3.8) is 0 Å². The molecule has 0 aliphatic rings. The molecule has 5 nitrogen and oxygen atoms in total. The first-order valence-corrected chi connectivity index (χ1v) is 9.32. The summed E-state index contributed by atoms with van der Waals surface area (Å²) in [6, 6.07) is 21.6. The number of carbonyl (C=O) groups is 1. The summed E-state index contributed by atoms with van der Waals surface area (Å²) in [5.41, 5.74) is 2.71. The molecule has 0 aliphatic carbocycles. The van der Waals surface area contributed by atoms with E-state index in [0.29, 0.717) is 23.8 Å². The predicted molar refractivity (Wildman–Crippen MR) is 109 cm³/mol. The molecule has 0 N–H and O–H groups in total. The van der Waals surface area contributed by atoms with Crippen LogP contribution in [-0.2, 0) is 6.54 Å². The Kier molecular flexibility index (Phi) is 4.89. The van der Waals surface area contributed by atoms with Crippen molar-refractivity contribution in [2.24, 2.45) is 0 Å². The van der Waals surface area contributed by atoms with Gasteiger partial charge in [0.15, 0.2) is 0 Å². The van der Waals surface area contributed by atoms with Crippen LogP contribution in [0.15, 0.2) is 71.3 Å². The van der Waals surface area contributed by atoms with Crippen LogP contribution in [0, 0.1) is 6.92 Å². The first-order valence-electron chi connectivity index (χ1n) is 9.32. The van der Waals surface area contributed by atoms with Crippen molar-refractivity contribution in [1.82, 2.24) is 15.0 Å². The van der Waals surface area contributed by atoms with Gasteiger partial charge < -0.3 is 9.42 Å². The SMILES string of the molecule is CCN(Cc1nc(-c2cccc(C)c2)no1)C(=O)c1cccc2ccccc12. The maximum absolute atomic E-state index is 13.2. The fourth-order valence-corrected chi connectivity index (χ4v) is 3.29. The highest BCUT2D eigenvalue weighted by atomic mass is 16.5. The smallest absolute Gasteiger partial charge is 0.254 e. The van der Waals surface area contributed by atoms with Crippen LogP contribution in [-0.4, -0.2) is 27.5 Å². The molecule has 4 rings (SSSR count). The number of nitrogens with zero attached hydrogens (tertiary/aromatic N) is 3. The van der Waals surface area contributed by atoms with Crippen LogP contribution < -0.4 is 0 Å². The molecule has 0 unspecified atom stereocenters. The maximum Gasteiger partial charge on any atom is 0.254 e. The second-order valence-electron chi connectivity index (χ2n) is 6.73. The average Bonchev–Trinajstić information content (AvgIpc) is 3.20. The molecule has 140 valence electrons. The molecule has 28 heavy (non-hydrogen) atoms. The number of carbonyl (C=O) groups excluding carboxylic acids is 1. The van der Waals surface area contributed by atoms with Crippen LogP contribution in [0.3, 0.4) is 0 Å². The molecule has 3 aromatic carbocycles. The Bertz CT molecular complexity index is 1130. The van der Waals surface area contributed by atoms with Crippen molar-refractivity contribution in [1.29, 1.82) is 0 Å². The average molecular weight is 371 g/mol. The van der Waals surface area contributed by atoms with Crippen molar-refractivity contribution in [2.75, 3.05) is 6.54 Å². The Hall–Kier alpha value is -3.47. The van der Waals surface area contributed by atoms with Gasteiger partial charge in [-0.15, -0.1) is 0 Å². The van der Waals surface area contributed by atoms with Gasteiger partial charge in [-0.3, -0.25) is 4.79 Å². The molecule has 0 saturated heterocycles. The zero-order valence-corrected chi connectivity index (χ0v) is 15.9.